The first kappa shape index (κ1) is 11.7. The van der Waals surface area contributed by atoms with Gasteiger partial charge in [0, 0.05) is 25.7 Å². The lowest BCUT2D eigenvalue weighted by molar-refractivity contribution is 0.326. The zero-order valence-corrected chi connectivity index (χ0v) is 9.47. The average Bonchev–Trinajstić information content (AvgIpc) is 2.28. The molecule has 0 saturated heterocycles. The monoisotopic (exact) mass is 210 g/mol. The lowest BCUT2D eigenvalue weighted by Gasteiger charge is -2.24. The molecule has 0 spiro atoms. The van der Waals surface area contributed by atoms with Crippen LogP contribution in [-0.2, 0) is 0 Å². The van der Waals surface area contributed by atoms with Crippen molar-refractivity contribution in [1.29, 1.82) is 0 Å². The van der Waals surface area contributed by atoms with E-state index in [0.717, 1.165) is 5.82 Å². The predicted molar refractivity (Wildman–Crippen MR) is 60.1 cm³/mol. The number of aromatic nitrogens is 2. The van der Waals surface area contributed by atoms with E-state index in [1.165, 1.54) is 6.33 Å². The molecule has 1 atom stereocenters. The molecule has 0 fully saturated rings. The van der Waals surface area contributed by atoms with Gasteiger partial charge >= 0.3 is 0 Å². The standard InChI is InChI=1S/C10H18N4O/c1-4-15-10-5-9(12-7-13-10)14(3)8(2)6-11/h5,7-8H,4,6,11H2,1-3H3. The summed E-state index contributed by atoms with van der Waals surface area (Å²) in [4.78, 5) is 10.2. The van der Waals surface area contributed by atoms with E-state index in [0.29, 0.717) is 19.0 Å². The highest BCUT2D eigenvalue weighted by molar-refractivity contribution is 5.40. The molecule has 15 heavy (non-hydrogen) atoms. The molecule has 1 aromatic rings. The van der Waals surface area contributed by atoms with Gasteiger partial charge < -0.3 is 15.4 Å². The van der Waals surface area contributed by atoms with Gasteiger partial charge in [-0.05, 0) is 13.8 Å². The number of hydrogen-bond acceptors (Lipinski definition) is 5. The summed E-state index contributed by atoms with van der Waals surface area (Å²) < 4.78 is 5.30. The van der Waals surface area contributed by atoms with Crippen LogP contribution >= 0.6 is 0 Å². The maximum absolute atomic E-state index is 5.59. The van der Waals surface area contributed by atoms with E-state index < -0.39 is 0 Å². The van der Waals surface area contributed by atoms with Crippen molar-refractivity contribution < 1.29 is 4.74 Å². The van der Waals surface area contributed by atoms with Crippen LogP contribution < -0.4 is 15.4 Å². The first-order valence-electron chi connectivity index (χ1n) is 5.06. The van der Waals surface area contributed by atoms with Crippen molar-refractivity contribution in [1.82, 2.24) is 9.97 Å². The maximum atomic E-state index is 5.59. The van der Waals surface area contributed by atoms with Crippen molar-refractivity contribution in [3.63, 3.8) is 0 Å². The normalized spacial score (nSPS) is 12.3. The van der Waals surface area contributed by atoms with Crippen molar-refractivity contribution in [3.05, 3.63) is 12.4 Å². The second kappa shape index (κ2) is 5.50. The fraction of sp³-hybridized carbons (Fsp3) is 0.600. The van der Waals surface area contributed by atoms with Crippen LogP contribution in [0.15, 0.2) is 12.4 Å². The first-order valence-corrected chi connectivity index (χ1v) is 5.06. The largest absolute Gasteiger partial charge is 0.478 e. The van der Waals surface area contributed by atoms with E-state index in [-0.39, 0.29) is 6.04 Å². The van der Waals surface area contributed by atoms with E-state index in [1.54, 1.807) is 0 Å². The van der Waals surface area contributed by atoms with Crippen LogP contribution in [0, 0.1) is 0 Å². The third-order valence-corrected chi connectivity index (χ3v) is 2.28. The van der Waals surface area contributed by atoms with E-state index in [1.807, 2.05) is 31.9 Å². The van der Waals surface area contributed by atoms with Crippen molar-refractivity contribution in [2.24, 2.45) is 5.73 Å². The summed E-state index contributed by atoms with van der Waals surface area (Å²) >= 11 is 0. The highest BCUT2D eigenvalue weighted by Crippen LogP contribution is 2.15. The highest BCUT2D eigenvalue weighted by atomic mass is 16.5. The predicted octanol–water partition coefficient (Wildman–Crippen LogP) is 0.659. The van der Waals surface area contributed by atoms with E-state index in [9.17, 15) is 0 Å². The molecule has 0 saturated carbocycles. The van der Waals surface area contributed by atoms with E-state index in [2.05, 4.69) is 9.97 Å². The van der Waals surface area contributed by atoms with E-state index in [4.69, 9.17) is 10.5 Å². The minimum Gasteiger partial charge on any atom is -0.478 e. The molecule has 84 valence electrons. The van der Waals surface area contributed by atoms with E-state index >= 15 is 0 Å². The minimum atomic E-state index is 0.245. The molecule has 2 N–H and O–H groups in total. The summed E-state index contributed by atoms with van der Waals surface area (Å²) in [6, 6.07) is 2.06. The molecule has 0 bridgehead atoms. The molecule has 0 aliphatic heterocycles. The summed E-state index contributed by atoms with van der Waals surface area (Å²) in [5.74, 6) is 1.42. The van der Waals surface area contributed by atoms with Crippen LogP contribution in [0.1, 0.15) is 13.8 Å². The molecule has 1 unspecified atom stereocenters. The van der Waals surface area contributed by atoms with Crippen LogP contribution in [0.25, 0.3) is 0 Å². The molecule has 5 nitrogen and oxygen atoms in total. The van der Waals surface area contributed by atoms with Crippen LogP contribution in [-0.4, -0.2) is 36.2 Å². The molecule has 0 radical (unpaired) electrons. The van der Waals surface area contributed by atoms with Gasteiger partial charge in [0.1, 0.15) is 12.1 Å². The smallest absolute Gasteiger partial charge is 0.218 e. The number of ether oxygens (including phenoxy) is 1. The molecule has 0 aliphatic carbocycles. The SMILES string of the molecule is CCOc1cc(N(C)C(C)CN)ncn1. The Balaban J connectivity index is 2.80. The van der Waals surface area contributed by atoms with Crippen molar-refractivity contribution in [3.8, 4) is 5.88 Å². The lowest BCUT2D eigenvalue weighted by Crippen LogP contribution is -2.35. The molecule has 5 heteroatoms. The highest BCUT2D eigenvalue weighted by Gasteiger charge is 2.10. The summed E-state index contributed by atoms with van der Waals surface area (Å²) in [7, 11) is 1.95. The van der Waals surface area contributed by atoms with Crippen molar-refractivity contribution in [2.45, 2.75) is 19.9 Å². The number of anilines is 1. The van der Waals surface area contributed by atoms with Gasteiger partial charge in [0.05, 0.1) is 6.61 Å². The lowest BCUT2D eigenvalue weighted by atomic mass is 10.3. The van der Waals surface area contributed by atoms with Crippen LogP contribution in [0.5, 0.6) is 5.88 Å². The van der Waals surface area contributed by atoms with Crippen LogP contribution in [0.4, 0.5) is 5.82 Å². The summed E-state index contributed by atoms with van der Waals surface area (Å²) in [6.45, 7) is 5.16. The van der Waals surface area contributed by atoms with Crippen molar-refractivity contribution in [2.75, 3.05) is 25.1 Å². The third-order valence-electron chi connectivity index (χ3n) is 2.28. The van der Waals surface area contributed by atoms with Crippen LogP contribution in [0.2, 0.25) is 0 Å². The molecule has 1 rings (SSSR count). The van der Waals surface area contributed by atoms with Gasteiger partial charge in [-0.3, -0.25) is 0 Å². The number of rotatable bonds is 5. The quantitative estimate of drug-likeness (QED) is 0.773. The fourth-order valence-corrected chi connectivity index (χ4v) is 1.13. The van der Waals surface area contributed by atoms with Gasteiger partial charge in [0.2, 0.25) is 5.88 Å². The zero-order valence-electron chi connectivity index (χ0n) is 9.47. The molecule has 0 amide bonds. The van der Waals surface area contributed by atoms with Gasteiger partial charge in [-0.1, -0.05) is 0 Å². The molecule has 0 aliphatic rings. The fourth-order valence-electron chi connectivity index (χ4n) is 1.13. The number of likely N-dealkylation sites (N-methyl/N-ethyl adjacent to an activating group) is 1. The Hall–Kier alpha value is -1.36. The summed E-state index contributed by atoms with van der Waals surface area (Å²) in [6.07, 6.45) is 1.50. The molecule has 1 heterocycles. The third kappa shape index (κ3) is 3.06. The summed E-state index contributed by atoms with van der Waals surface area (Å²) in [5.41, 5.74) is 5.59. The Kier molecular flexibility index (Phi) is 4.30. The number of nitrogens with two attached hydrogens (primary N) is 1. The Morgan fingerprint density at radius 1 is 1.53 bits per heavy atom. The zero-order chi connectivity index (χ0) is 11.3. The Labute approximate surface area is 90.3 Å². The van der Waals surface area contributed by atoms with Gasteiger partial charge in [-0.2, -0.15) is 0 Å². The average molecular weight is 210 g/mol. The topological polar surface area (TPSA) is 64.3 Å². The van der Waals surface area contributed by atoms with Gasteiger partial charge in [0.15, 0.2) is 0 Å². The Morgan fingerprint density at radius 3 is 2.87 bits per heavy atom. The first-order chi connectivity index (χ1) is 7.19. The van der Waals surface area contributed by atoms with Gasteiger partial charge in [-0.15, -0.1) is 0 Å². The maximum Gasteiger partial charge on any atom is 0.218 e. The van der Waals surface area contributed by atoms with Crippen molar-refractivity contribution >= 4 is 5.82 Å². The van der Waals surface area contributed by atoms with Gasteiger partial charge in [-0.25, -0.2) is 9.97 Å². The Morgan fingerprint density at radius 2 is 2.27 bits per heavy atom. The molecule has 0 aromatic carbocycles. The molecular formula is C10H18N4O. The number of nitrogens with zero attached hydrogens (tertiary/aromatic N) is 3. The van der Waals surface area contributed by atoms with Crippen LogP contribution in [0.3, 0.4) is 0 Å². The number of hydrogen-bond donors (Lipinski definition) is 1. The summed E-state index contributed by atoms with van der Waals surface area (Å²) in [5, 5.41) is 0. The van der Waals surface area contributed by atoms with Gasteiger partial charge in [0.25, 0.3) is 0 Å². The second-order valence-corrected chi connectivity index (χ2v) is 3.34. The second-order valence-electron chi connectivity index (χ2n) is 3.34. The molecular weight excluding hydrogens is 192 g/mol. The minimum absolute atomic E-state index is 0.245. The Bertz CT molecular complexity index is 305. The molecule has 1 aromatic heterocycles.